The average Bonchev–Trinajstić information content (AvgIpc) is 2.80. The predicted octanol–water partition coefficient (Wildman–Crippen LogP) is 3.10. The molecular weight excluding hydrogens is 294 g/mol. The molecule has 2 aromatic heterocycles. The number of aromatic nitrogens is 2. The summed E-state index contributed by atoms with van der Waals surface area (Å²) in [6.07, 6.45) is 0. The standard InChI is InChI=1S/C13H18BrN3O/c1-7-5-6-11(18-7)13(8(2)15)17-10(4)12(14)9(3)16-17/h5-6,8,13H,15H2,1-4H3. The first-order valence-electron chi connectivity index (χ1n) is 5.95. The molecule has 2 unspecified atom stereocenters. The van der Waals surface area contributed by atoms with Gasteiger partial charge in [-0.3, -0.25) is 4.68 Å². The highest BCUT2D eigenvalue weighted by molar-refractivity contribution is 9.10. The van der Waals surface area contributed by atoms with E-state index in [0.717, 1.165) is 27.4 Å². The van der Waals surface area contributed by atoms with Gasteiger partial charge in [0.1, 0.15) is 17.6 Å². The highest BCUT2D eigenvalue weighted by atomic mass is 79.9. The van der Waals surface area contributed by atoms with Gasteiger partial charge in [0.25, 0.3) is 0 Å². The molecule has 5 heteroatoms. The first-order chi connectivity index (χ1) is 8.41. The summed E-state index contributed by atoms with van der Waals surface area (Å²) in [4.78, 5) is 0. The van der Waals surface area contributed by atoms with Gasteiger partial charge in [0.15, 0.2) is 0 Å². The van der Waals surface area contributed by atoms with Crippen molar-refractivity contribution in [1.82, 2.24) is 9.78 Å². The van der Waals surface area contributed by atoms with Gasteiger partial charge in [-0.1, -0.05) is 0 Å². The zero-order chi connectivity index (χ0) is 13.4. The van der Waals surface area contributed by atoms with Crippen LogP contribution in [0.15, 0.2) is 21.0 Å². The molecule has 0 amide bonds. The van der Waals surface area contributed by atoms with E-state index >= 15 is 0 Å². The molecule has 0 aliphatic heterocycles. The third-order valence-corrected chi connectivity index (χ3v) is 4.20. The molecule has 2 aromatic rings. The smallest absolute Gasteiger partial charge is 0.130 e. The number of aryl methyl sites for hydroxylation is 2. The maximum Gasteiger partial charge on any atom is 0.130 e. The normalized spacial score (nSPS) is 14.8. The van der Waals surface area contributed by atoms with Crippen LogP contribution in [0.3, 0.4) is 0 Å². The van der Waals surface area contributed by atoms with Gasteiger partial charge in [0, 0.05) is 6.04 Å². The Bertz CT molecular complexity index is 557. The second-order valence-electron chi connectivity index (χ2n) is 4.68. The summed E-state index contributed by atoms with van der Waals surface area (Å²) in [5.41, 5.74) is 8.12. The van der Waals surface area contributed by atoms with E-state index in [0.29, 0.717) is 0 Å². The minimum atomic E-state index is -0.0829. The third kappa shape index (κ3) is 2.24. The third-order valence-electron chi connectivity index (χ3n) is 3.05. The Morgan fingerprint density at radius 1 is 1.33 bits per heavy atom. The van der Waals surface area contributed by atoms with Crippen LogP contribution in [0.2, 0.25) is 0 Å². The number of rotatable bonds is 3. The molecular formula is C13H18BrN3O. The van der Waals surface area contributed by atoms with Gasteiger partial charge in [-0.2, -0.15) is 5.10 Å². The lowest BCUT2D eigenvalue weighted by Crippen LogP contribution is -2.31. The monoisotopic (exact) mass is 311 g/mol. The first-order valence-corrected chi connectivity index (χ1v) is 6.74. The lowest BCUT2D eigenvalue weighted by atomic mass is 10.1. The minimum absolute atomic E-state index is 0.0799. The van der Waals surface area contributed by atoms with Gasteiger partial charge in [-0.15, -0.1) is 0 Å². The second kappa shape index (κ2) is 4.90. The highest BCUT2D eigenvalue weighted by Crippen LogP contribution is 2.28. The lowest BCUT2D eigenvalue weighted by Gasteiger charge is -2.20. The Morgan fingerprint density at radius 2 is 2.00 bits per heavy atom. The van der Waals surface area contributed by atoms with E-state index < -0.39 is 0 Å². The van der Waals surface area contributed by atoms with Crippen molar-refractivity contribution in [3.05, 3.63) is 39.5 Å². The van der Waals surface area contributed by atoms with Crippen LogP contribution in [0, 0.1) is 20.8 Å². The molecule has 98 valence electrons. The molecule has 2 atom stereocenters. The Morgan fingerprint density at radius 3 is 2.39 bits per heavy atom. The van der Waals surface area contributed by atoms with E-state index in [1.807, 2.05) is 44.5 Å². The van der Waals surface area contributed by atoms with Crippen LogP contribution in [-0.4, -0.2) is 15.8 Å². The molecule has 0 aromatic carbocycles. The highest BCUT2D eigenvalue weighted by Gasteiger charge is 2.25. The summed E-state index contributed by atoms with van der Waals surface area (Å²) in [7, 11) is 0. The summed E-state index contributed by atoms with van der Waals surface area (Å²) in [6, 6.07) is 3.75. The summed E-state index contributed by atoms with van der Waals surface area (Å²) in [5.74, 6) is 1.73. The van der Waals surface area contributed by atoms with Gasteiger partial charge in [0.2, 0.25) is 0 Å². The largest absolute Gasteiger partial charge is 0.464 e. The molecule has 2 N–H and O–H groups in total. The molecule has 0 radical (unpaired) electrons. The predicted molar refractivity (Wildman–Crippen MR) is 74.6 cm³/mol. The zero-order valence-corrected chi connectivity index (χ0v) is 12.7. The molecule has 2 heterocycles. The summed E-state index contributed by atoms with van der Waals surface area (Å²) in [6.45, 7) is 7.89. The van der Waals surface area contributed by atoms with E-state index in [-0.39, 0.29) is 12.1 Å². The number of hydrogen-bond acceptors (Lipinski definition) is 3. The molecule has 0 saturated carbocycles. The molecule has 0 bridgehead atoms. The Labute approximate surface area is 115 Å². The Balaban J connectivity index is 2.51. The first kappa shape index (κ1) is 13.4. The van der Waals surface area contributed by atoms with E-state index in [2.05, 4.69) is 21.0 Å². The molecule has 4 nitrogen and oxygen atoms in total. The minimum Gasteiger partial charge on any atom is -0.464 e. The number of nitrogens with two attached hydrogens (primary N) is 1. The second-order valence-corrected chi connectivity index (χ2v) is 5.47. The van der Waals surface area contributed by atoms with Crippen LogP contribution in [0.4, 0.5) is 0 Å². The van der Waals surface area contributed by atoms with E-state index in [9.17, 15) is 0 Å². The van der Waals surface area contributed by atoms with E-state index in [1.165, 1.54) is 0 Å². The molecule has 0 saturated heterocycles. The Kier molecular flexibility index (Phi) is 3.64. The van der Waals surface area contributed by atoms with E-state index in [1.54, 1.807) is 0 Å². The fraction of sp³-hybridized carbons (Fsp3) is 0.462. The number of furan rings is 1. The molecule has 0 aliphatic carbocycles. The van der Waals surface area contributed by atoms with Crippen molar-refractivity contribution in [2.45, 2.75) is 39.8 Å². The van der Waals surface area contributed by atoms with Crippen LogP contribution in [-0.2, 0) is 0 Å². The number of nitrogens with zero attached hydrogens (tertiary/aromatic N) is 2. The van der Waals surface area contributed by atoms with Crippen molar-refractivity contribution in [2.75, 3.05) is 0 Å². The van der Waals surface area contributed by atoms with Crippen molar-refractivity contribution in [3.63, 3.8) is 0 Å². The SMILES string of the molecule is Cc1ccc(C(C(C)N)n2nc(C)c(Br)c2C)o1. The van der Waals surface area contributed by atoms with Crippen molar-refractivity contribution in [1.29, 1.82) is 0 Å². The quantitative estimate of drug-likeness (QED) is 0.947. The van der Waals surface area contributed by atoms with Gasteiger partial charge >= 0.3 is 0 Å². The zero-order valence-electron chi connectivity index (χ0n) is 11.1. The van der Waals surface area contributed by atoms with Crippen molar-refractivity contribution in [3.8, 4) is 0 Å². The number of halogens is 1. The maximum atomic E-state index is 6.10. The van der Waals surface area contributed by atoms with Crippen LogP contribution in [0.25, 0.3) is 0 Å². The fourth-order valence-electron chi connectivity index (χ4n) is 2.13. The topological polar surface area (TPSA) is 57.0 Å². The van der Waals surface area contributed by atoms with Crippen LogP contribution >= 0.6 is 15.9 Å². The van der Waals surface area contributed by atoms with Crippen LogP contribution in [0.1, 0.15) is 35.9 Å². The molecule has 0 aliphatic rings. The fourth-order valence-corrected chi connectivity index (χ4v) is 2.39. The molecule has 0 fully saturated rings. The van der Waals surface area contributed by atoms with Crippen molar-refractivity contribution < 1.29 is 4.42 Å². The summed E-state index contributed by atoms with van der Waals surface area (Å²) < 4.78 is 8.67. The average molecular weight is 312 g/mol. The lowest BCUT2D eigenvalue weighted by molar-refractivity contribution is 0.355. The van der Waals surface area contributed by atoms with Gasteiger partial charge < -0.3 is 10.2 Å². The maximum absolute atomic E-state index is 6.10. The van der Waals surface area contributed by atoms with E-state index in [4.69, 9.17) is 10.2 Å². The van der Waals surface area contributed by atoms with Crippen LogP contribution in [0.5, 0.6) is 0 Å². The summed E-state index contributed by atoms with van der Waals surface area (Å²) >= 11 is 3.54. The number of hydrogen-bond donors (Lipinski definition) is 1. The van der Waals surface area contributed by atoms with Crippen molar-refractivity contribution in [2.24, 2.45) is 5.73 Å². The summed E-state index contributed by atoms with van der Waals surface area (Å²) in [5, 5.41) is 4.55. The van der Waals surface area contributed by atoms with Gasteiger partial charge in [0.05, 0.1) is 15.9 Å². The van der Waals surface area contributed by atoms with Gasteiger partial charge in [-0.25, -0.2) is 0 Å². The van der Waals surface area contributed by atoms with Crippen molar-refractivity contribution >= 4 is 15.9 Å². The van der Waals surface area contributed by atoms with Gasteiger partial charge in [-0.05, 0) is 55.8 Å². The molecule has 0 spiro atoms. The Hall–Kier alpha value is -1.07. The molecule has 2 rings (SSSR count). The van der Waals surface area contributed by atoms with Crippen LogP contribution < -0.4 is 5.73 Å². The molecule has 18 heavy (non-hydrogen) atoms.